The van der Waals surface area contributed by atoms with Crippen LogP contribution in [-0.4, -0.2) is 42.4 Å². The van der Waals surface area contributed by atoms with Crippen molar-refractivity contribution in [2.75, 3.05) is 19.6 Å². The third kappa shape index (κ3) is 6.98. The summed E-state index contributed by atoms with van der Waals surface area (Å²) >= 11 is 0. The van der Waals surface area contributed by atoms with Crippen molar-refractivity contribution in [3.8, 4) is 0 Å². The number of nitrogens with two attached hydrogens (primary N) is 1. The van der Waals surface area contributed by atoms with Crippen LogP contribution in [0.3, 0.4) is 0 Å². The number of amides is 2. The Kier molecular flexibility index (Phi) is 9.32. The molecule has 2 amide bonds. The van der Waals surface area contributed by atoms with Gasteiger partial charge in [0.05, 0.1) is 5.92 Å². The highest BCUT2D eigenvalue weighted by molar-refractivity contribution is 5.84. The number of rotatable bonds is 10. The highest BCUT2D eigenvalue weighted by atomic mass is 16.2. The first-order valence-corrected chi connectivity index (χ1v) is 10.5. The van der Waals surface area contributed by atoms with Gasteiger partial charge in [0.15, 0.2) is 0 Å². The molecule has 2 rings (SSSR count). The summed E-state index contributed by atoms with van der Waals surface area (Å²) in [5.41, 5.74) is 6.57. The molecule has 1 unspecified atom stereocenters. The van der Waals surface area contributed by atoms with E-state index < -0.39 is 0 Å². The number of benzene rings is 1. The molecular formula is C22H35N3O2. The van der Waals surface area contributed by atoms with Gasteiger partial charge in [-0.2, -0.15) is 0 Å². The number of nitrogens with zero attached hydrogens (tertiary/aromatic N) is 1. The predicted molar refractivity (Wildman–Crippen MR) is 109 cm³/mol. The van der Waals surface area contributed by atoms with Gasteiger partial charge in [-0.15, -0.1) is 0 Å². The number of nitrogens with one attached hydrogen (secondary N) is 1. The number of hydrogen-bond acceptors (Lipinski definition) is 3. The first-order valence-electron chi connectivity index (χ1n) is 10.5. The van der Waals surface area contributed by atoms with E-state index >= 15 is 0 Å². The molecule has 1 saturated heterocycles. The highest BCUT2D eigenvalue weighted by Gasteiger charge is 2.28. The van der Waals surface area contributed by atoms with Crippen molar-refractivity contribution in [3.05, 3.63) is 35.9 Å². The average Bonchev–Trinajstić information content (AvgIpc) is 2.69. The molecule has 5 nitrogen and oxygen atoms in total. The van der Waals surface area contributed by atoms with Crippen LogP contribution in [0.25, 0.3) is 0 Å². The lowest BCUT2D eigenvalue weighted by molar-refractivity contribution is -0.134. The second-order valence-corrected chi connectivity index (χ2v) is 7.49. The van der Waals surface area contributed by atoms with Gasteiger partial charge in [0.1, 0.15) is 0 Å². The van der Waals surface area contributed by atoms with Gasteiger partial charge in [0.25, 0.3) is 0 Å². The summed E-state index contributed by atoms with van der Waals surface area (Å²) in [5, 5.41) is 3.14. The van der Waals surface area contributed by atoms with Crippen LogP contribution in [0.5, 0.6) is 0 Å². The molecule has 0 aliphatic carbocycles. The molecular weight excluding hydrogens is 338 g/mol. The molecule has 1 fully saturated rings. The van der Waals surface area contributed by atoms with Gasteiger partial charge in [-0.3, -0.25) is 9.59 Å². The van der Waals surface area contributed by atoms with Crippen LogP contribution in [0.1, 0.15) is 69.8 Å². The van der Waals surface area contributed by atoms with Gasteiger partial charge >= 0.3 is 0 Å². The van der Waals surface area contributed by atoms with Gasteiger partial charge in [0.2, 0.25) is 11.8 Å². The molecule has 1 aliphatic rings. The largest absolute Gasteiger partial charge is 0.353 e. The lowest BCUT2D eigenvalue weighted by atomic mass is 9.93. The lowest BCUT2D eigenvalue weighted by Crippen LogP contribution is -2.47. The van der Waals surface area contributed by atoms with Crippen molar-refractivity contribution in [2.24, 2.45) is 5.73 Å². The fraction of sp³-hybridized carbons (Fsp3) is 0.636. The molecule has 5 heteroatoms. The van der Waals surface area contributed by atoms with Crippen LogP contribution < -0.4 is 11.1 Å². The van der Waals surface area contributed by atoms with Gasteiger partial charge in [-0.1, -0.05) is 50.1 Å². The standard InChI is InChI=1S/C22H35N3O2/c1-2-20(18-10-6-5-7-11-18)22(27)25-16-13-19(14-17-25)24-21(26)12-8-3-4-9-15-23/h5-7,10-11,19-20H,2-4,8-9,12-17,23H2,1H3,(H,24,26). The molecule has 0 radical (unpaired) electrons. The number of piperidine rings is 1. The van der Waals surface area contributed by atoms with Crippen LogP contribution in [0, 0.1) is 0 Å². The number of hydrogen-bond donors (Lipinski definition) is 2. The van der Waals surface area contributed by atoms with Crippen molar-refractivity contribution in [2.45, 2.75) is 70.3 Å². The van der Waals surface area contributed by atoms with Crippen LogP contribution in [-0.2, 0) is 9.59 Å². The Labute approximate surface area is 163 Å². The minimum Gasteiger partial charge on any atom is -0.353 e. The number of likely N-dealkylation sites (tertiary alicyclic amines) is 1. The number of unbranched alkanes of at least 4 members (excludes halogenated alkanes) is 3. The van der Waals surface area contributed by atoms with Gasteiger partial charge in [0, 0.05) is 25.6 Å². The first-order chi connectivity index (χ1) is 13.2. The highest BCUT2D eigenvalue weighted by Crippen LogP contribution is 2.24. The molecule has 0 spiro atoms. The molecule has 1 aromatic carbocycles. The Morgan fingerprint density at radius 2 is 1.78 bits per heavy atom. The predicted octanol–water partition coefficient (Wildman–Crippen LogP) is 3.20. The van der Waals surface area contributed by atoms with Crippen LogP contribution in [0.15, 0.2) is 30.3 Å². The van der Waals surface area contributed by atoms with Crippen LogP contribution >= 0.6 is 0 Å². The third-order valence-electron chi connectivity index (χ3n) is 5.44. The van der Waals surface area contributed by atoms with Crippen molar-refractivity contribution < 1.29 is 9.59 Å². The summed E-state index contributed by atoms with van der Waals surface area (Å²) in [4.78, 5) is 27.0. The van der Waals surface area contributed by atoms with Crippen LogP contribution in [0.2, 0.25) is 0 Å². The fourth-order valence-corrected chi connectivity index (χ4v) is 3.79. The molecule has 1 heterocycles. The van der Waals surface area contributed by atoms with Gasteiger partial charge in [-0.05, 0) is 44.2 Å². The lowest BCUT2D eigenvalue weighted by Gasteiger charge is -2.34. The van der Waals surface area contributed by atoms with Crippen molar-refractivity contribution in [1.29, 1.82) is 0 Å². The topological polar surface area (TPSA) is 75.4 Å². The van der Waals surface area contributed by atoms with E-state index in [0.717, 1.165) is 70.1 Å². The maximum atomic E-state index is 12.9. The SMILES string of the molecule is CCC(C(=O)N1CCC(NC(=O)CCCCCCN)CC1)c1ccccc1. The van der Waals surface area contributed by atoms with E-state index in [1.54, 1.807) is 0 Å². The van der Waals surface area contributed by atoms with Crippen LogP contribution in [0.4, 0.5) is 0 Å². The van der Waals surface area contributed by atoms with E-state index in [2.05, 4.69) is 12.2 Å². The maximum Gasteiger partial charge on any atom is 0.230 e. The molecule has 1 aromatic rings. The fourth-order valence-electron chi connectivity index (χ4n) is 3.79. The molecule has 1 atom stereocenters. The zero-order chi connectivity index (χ0) is 19.5. The molecule has 1 aliphatic heterocycles. The van der Waals surface area contributed by atoms with E-state index in [9.17, 15) is 9.59 Å². The summed E-state index contributed by atoms with van der Waals surface area (Å²) < 4.78 is 0. The Morgan fingerprint density at radius 3 is 2.41 bits per heavy atom. The molecule has 0 aromatic heterocycles. The average molecular weight is 374 g/mol. The van der Waals surface area contributed by atoms with Gasteiger partial charge in [-0.25, -0.2) is 0 Å². The van der Waals surface area contributed by atoms with E-state index in [1.165, 1.54) is 0 Å². The van der Waals surface area contributed by atoms with Crippen molar-refractivity contribution >= 4 is 11.8 Å². The summed E-state index contributed by atoms with van der Waals surface area (Å²) in [5.74, 6) is 0.294. The monoisotopic (exact) mass is 373 g/mol. The Balaban J connectivity index is 1.72. The summed E-state index contributed by atoms with van der Waals surface area (Å²) in [6.07, 6.45) is 7.22. The third-order valence-corrected chi connectivity index (χ3v) is 5.44. The van der Waals surface area contributed by atoms with E-state index in [0.29, 0.717) is 6.42 Å². The van der Waals surface area contributed by atoms with E-state index in [4.69, 9.17) is 5.73 Å². The Hall–Kier alpha value is -1.88. The zero-order valence-corrected chi connectivity index (χ0v) is 16.7. The molecule has 3 N–H and O–H groups in total. The molecule has 150 valence electrons. The minimum atomic E-state index is -0.0640. The van der Waals surface area contributed by atoms with E-state index in [-0.39, 0.29) is 23.8 Å². The van der Waals surface area contributed by atoms with Gasteiger partial charge < -0.3 is 16.0 Å². The van der Waals surface area contributed by atoms with E-state index in [1.807, 2.05) is 35.2 Å². The summed E-state index contributed by atoms with van der Waals surface area (Å²) in [6.45, 7) is 4.25. The first kappa shape index (κ1) is 21.4. The number of carbonyl (C=O) groups excluding carboxylic acids is 2. The molecule has 0 bridgehead atoms. The summed E-state index contributed by atoms with van der Waals surface area (Å²) in [7, 11) is 0. The summed E-state index contributed by atoms with van der Waals surface area (Å²) in [6, 6.07) is 10.2. The maximum absolute atomic E-state index is 12.9. The molecule has 0 saturated carbocycles. The van der Waals surface area contributed by atoms with Crippen molar-refractivity contribution in [3.63, 3.8) is 0 Å². The molecule has 27 heavy (non-hydrogen) atoms. The Bertz CT molecular complexity index is 568. The second kappa shape index (κ2) is 11.8. The second-order valence-electron chi connectivity index (χ2n) is 7.49. The Morgan fingerprint density at radius 1 is 1.11 bits per heavy atom. The quantitative estimate of drug-likeness (QED) is 0.619. The smallest absolute Gasteiger partial charge is 0.230 e. The number of carbonyl (C=O) groups is 2. The zero-order valence-electron chi connectivity index (χ0n) is 16.7. The normalized spacial score (nSPS) is 16.1. The minimum absolute atomic E-state index is 0.0640. The van der Waals surface area contributed by atoms with Crippen molar-refractivity contribution in [1.82, 2.24) is 10.2 Å².